The second kappa shape index (κ2) is 5.81. The van der Waals surface area contributed by atoms with Gasteiger partial charge in [-0.1, -0.05) is 44.2 Å². The van der Waals surface area contributed by atoms with Crippen molar-refractivity contribution in [3.63, 3.8) is 0 Å². The third-order valence-electron chi connectivity index (χ3n) is 2.83. The van der Waals surface area contributed by atoms with Crippen LogP contribution >= 0.6 is 7.29 Å². The Morgan fingerprint density at radius 2 is 1.76 bits per heavy atom. The molecular weight excluding hydrogens is 233 g/mol. The molecule has 4 heteroatoms. The lowest BCUT2D eigenvalue weighted by molar-refractivity contribution is -0.0367. The summed E-state index contributed by atoms with van der Waals surface area (Å²) in [7, 11) is -2.86. The van der Waals surface area contributed by atoms with Crippen molar-refractivity contribution in [2.75, 3.05) is 6.66 Å². The number of hydrogen-bond acceptors (Lipinski definition) is 2. The van der Waals surface area contributed by atoms with Gasteiger partial charge in [0.15, 0.2) is 7.29 Å². The normalized spacial score (nSPS) is 17.1. The highest BCUT2D eigenvalue weighted by Gasteiger charge is 2.30. The highest BCUT2D eigenvalue weighted by Crippen LogP contribution is 2.45. The molecule has 0 spiro atoms. The molecule has 0 bridgehead atoms. The van der Waals surface area contributed by atoms with E-state index in [-0.39, 0.29) is 6.04 Å². The van der Waals surface area contributed by atoms with Gasteiger partial charge in [-0.15, -0.1) is 4.83 Å². The van der Waals surface area contributed by atoms with E-state index in [2.05, 4.69) is 13.8 Å². The molecule has 0 aromatic heterocycles. The largest absolute Gasteiger partial charge is 0.307 e. The molecule has 96 valence electrons. The Morgan fingerprint density at radius 1 is 1.24 bits per heavy atom. The second-order valence-corrected chi connectivity index (χ2v) is 7.70. The summed E-state index contributed by atoms with van der Waals surface area (Å²) >= 11 is 0. The van der Waals surface area contributed by atoms with Crippen molar-refractivity contribution in [1.29, 1.82) is 0 Å². The Labute approximate surface area is 104 Å². The lowest BCUT2D eigenvalue weighted by atomic mass is 10.1. The van der Waals surface area contributed by atoms with Crippen LogP contribution in [0.4, 0.5) is 0 Å². The van der Waals surface area contributed by atoms with Crippen molar-refractivity contribution in [3.05, 3.63) is 30.3 Å². The van der Waals surface area contributed by atoms with E-state index in [1.54, 1.807) is 18.8 Å². The Morgan fingerprint density at radius 3 is 2.24 bits per heavy atom. The quantitative estimate of drug-likeness (QED) is 0.648. The molecule has 3 nitrogen and oxygen atoms in total. The number of rotatable bonds is 5. The average Bonchev–Trinajstić information content (AvgIpc) is 2.28. The van der Waals surface area contributed by atoms with Crippen LogP contribution in [0.1, 0.15) is 27.2 Å². The van der Waals surface area contributed by atoms with Crippen LogP contribution in [0.2, 0.25) is 0 Å². The first-order valence-electron chi connectivity index (χ1n) is 5.97. The number of benzene rings is 1. The Hall–Kier alpha value is -0.630. The summed E-state index contributed by atoms with van der Waals surface area (Å²) in [6, 6.07) is 9.05. The van der Waals surface area contributed by atoms with Crippen LogP contribution < -0.4 is 5.30 Å². The van der Waals surface area contributed by atoms with Gasteiger partial charge in [0.25, 0.3) is 0 Å². The molecular formula is C13H22NO2P. The van der Waals surface area contributed by atoms with Gasteiger partial charge >= 0.3 is 0 Å². The molecule has 0 heterocycles. The van der Waals surface area contributed by atoms with Crippen molar-refractivity contribution >= 4 is 12.6 Å². The summed E-state index contributed by atoms with van der Waals surface area (Å²) < 4.78 is 12.6. The van der Waals surface area contributed by atoms with E-state index in [0.717, 1.165) is 11.3 Å². The van der Waals surface area contributed by atoms with E-state index in [0.29, 0.717) is 11.2 Å². The maximum Gasteiger partial charge on any atom is 0.197 e. The zero-order valence-corrected chi connectivity index (χ0v) is 11.9. The van der Waals surface area contributed by atoms with Gasteiger partial charge in [-0.25, -0.2) is 0 Å². The van der Waals surface area contributed by atoms with Crippen LogP contribution in [0.25, 0.3) is 0 Å². The zero-order valence-electron chi connectivity index (χ0n) is 11.0. The minimum Gasteiger partial charge on any atom is -0.307 e. The smallest absolute Gasteiger partial charge is 0.197 e. The van der Waals surface area contributed by atoms with E-state index in [1.807, 2.05) is 25.1 Å². The summed E-state index contributed by atoms with van der Waals surface area (Å²) in [6.45, 7) is 7.69. The second-order valence-electron chi connectivity index (χ2n) is 5.01. The Balaban J connectivity index is 2.87. The summed E-state index contributed by atoms with van der Waals surface area (Å²) in [4.78, 5) is 1.04. The van der Waals surface area contributed by atoms with Crippen LogP contribution in [-0.4, -0.2) is 22.7 Å². The maximum absolute atomic E-state index is 12.6. The monoisotopic (exact) mass is 255 g/mol. The highest BCUT2D eigenvalue weighted by atomic mass is 31.2. The maximum atomic E-state index is 12.6. The molecule has 1 N–H and O–H groups in total. The summed E-state index contributed by atoms with van der Waals surface area (Å²) in [5.74, 6) is 0.468. The van der Waals surface area contributed by atoms with Crippen molar-refractivity contribution in [2.45, 2.75) is 33.2 Å². The van der Waals surface area contributed by atoms with Gasteiger partial charge in [0.05, 0.1) is 0 Å². The molecule has 1 rings (SSSR count). The molecule has 2 atom stereocenters. The molecule has 17 heavy (non-hydrogen) atoms. The van der Waals surface area contributed by atoms with Gasteiger partial charge < -0.3 is 5.21 Å². The molecule has 0 aliphatic carbocycles. The first-order valence-corrected chi connectivity index (χ1v) is 8.08. The molecule has 0 radical (unpaired) electrons. The molecule has 0 aliphatic rings. The predicted molar refractivity (Wildman–Crippen MR) is 72.1 cm³/mol. The standard InChI is InChI=1S/C13H22NO2P/c1-11(2)10-12(3)14(15)17(4,16)13-8-6-5-7-9-13/h5-9,11-12,15H,10H2,1-4H3/t12-,17+/m1/s1. The molecule has 1 aromatic rings. The summed E-state index contributed by atoms with van der Waals surface area (Å²) in [6.07, 6.45) is 0.821. The van der Waals surface area contributed by atoms with Crippen LogP contribution in [-0.2, 0) is 4.57 Å². The van der Waals surface area contributed by atoms with Gasteiger partial charge in [0.1, 0.15) is 0 Å². The van der Waals surface area contributed by atoms with Gasteiger partial charge in [-0.3, -0.25) is 4.57 Å². The summed E-state index contributed by atoms with van der Waals surface area (Å²) in [5.41, 5.74) is 0. The SMILES string of the molecule is CC(C)C[C@@H](C)N(O)[P@@](C)(=O)c1ccccc1. The fourth-order valence-electron chi connectivity index (χ4n) is 1.98. The molecule has 0 saturated carbocycles. The molecule has 0 saturated heterocycles. The van der Waals surface area contributed by atoms with Crippen molar-refractivity contribution in [3.8, 4) is 0 Å². The molecule has 0 aliphatic heterocycles. The van der Waals surface area contributed by atoms with Crippen molar-refractivity contribution < 1.29 is 9.77 Å². The topological polar surface area (TPSA) is 40.5 Å². The third-order valence-corrected chi connectivity index (χ3v) is 5.27. The molecule has 0 amide bonds. The number of hydrogen-bond donors (Lipinski definition) is 1. The number of hydroxylamine groups is 1. The van der Waals surface area contributed by atoms with Crippen LogP contribution in [0.3, 0.4) is 0 Å². The minimum atomic E-state index is -2.86. The molecule has 0 unspecified atom stereocenters. The third kappa shape index (κ3) is 3.67. The van der Waals surface area contributed by atoms with Gasteiger partial charge in [-0.2, -0.15) is 0 Å². The van der Waals surface area contributed by atoms with Gasteiger partial charge in [-0.05, 0) is 19.3 Å². The van der Waals surface area contributed by atoms with Crippen molar-refractivity contribution in [2.24, 2.45) is 5.92 Å². The Bertz CT molecular complexity index is 392. The lowest BCUT2D eigenvalue weighted by Crippen LogP contribution is -2.31. The van der Waals surface area contributed by atoms with E-state index < -0.39 is 7.29 Å². The van der Waals surface area contributed by atoms with Gasteiger partial charge in [0, 0.05) is 18.0 Å². The highest BCUT2D eigenvalue weighted by molar-refractivity contribution is 7.68. The first-order chi connectivity index (χ1) is 7.85. The predicted octanol–water partition coefficient (Wildman–Crippen LogP) is 3.35. The fraction of sp³-hybridized carbons (Fsp3) is 0.538. The average molecular weight is 255 g/mol. The number of nitrogens with zero attached hydrogens (tertiary/aromatic N) is 1. The van der Waals surface area contributed by atoms with Gasteiger partial charge in [0.2, 0.25) is 0 Å². The first kappa shape index (κ1) is 14.4. The zero-order chi connectivity index (χ0) is 13.1. The summed E-state index contributed by atoms with van der Waals surface area (Å²) in [5, 5.41) is 10.8. The van der Waals surface area contributed by atoms with Crippen LogP contribution in [0, 0.1) is 5.92 Å². The van der Waals surface area contributed by atoms with E-state index in [1.165, 1.54) is 0 Å². The van der Waals surface area contributed by atoms with Crippen molar-refractivity contribution in [1.82, 2.24) is 4.83 Å². The van der Waals surface area contributed by atoms with E-state index in [9.17, 15) is 9.77 Å². The van der Waals surface area contributed by atoms with E-state index >= 15 is 0 Å². The molecule has 1 aromatic carbocycles. The lowest BCUT2D eigenvalue weighted by Gasteiger charge is -2.29. The van der Waals surface area contributed by atoms with Crippen LogP contribution in [0.15, 0.2) is 30.3 Å². The Kier molecular flexibility index (Phi) is 4.93. The van der Waals surface area contributed by atoms with Crippen LogP contribution in [0.5, 0.6) is 0 Å². The fourth-order valence-corrected chi connectivity index (χ4v) is 3.78. The van der Waals surface area contributed by atoms with E-state index in [4.69, 9.17) is 0 Å². The minimum absolute atomic E-state index is 0.106. The molecule has 0 fully saturated rings.